The number of carboxylic acid groups (broad SMARTS) is 1. The summed E-state index contributed by atoms with van der Waals surface area (Å²) in [5.74, 6) is -2.28. The third kappa shape index (κ3) is 8.95. The van der Waals surface area contributed by atoms with Crippen LogP contribution in [0.3, 0.4) is 0 Å². The first-order valence-electron chi connectivity index (χ1n) is 12.7. The minimum atomic E-state index is -1.20. The van der Waals surface area contributed by atoms with E-state index in [2.05, 4.69) is 17.6 Å². The van der Waals surface area contributed by atoms with Gasteiger partial charge in [-0.3, -0.25) is 24.0 Å². The Morgan fingerprint density at radius 3 is 2.49 bits per heavy atom. The number of amides is 3. The van der Waals surface area contributed by atoms with Crippen molar-refractivity contribution in [2.24, 2.45) is 5.92 Å². The second-order valence-electron chi connectivity index (χ2n) is 8.67. The molecule has 0 aliphatic rings. The van der Waals surface area contributed by atoms with Gasteiger partial charge in [-0.15, -0.1) is 0 Å². The van der Waals surface area contributed by atoms with E-state index in [-0.39, 0.29) is 35.4 Å². The van der Waals surface area contributed by atoms with E-state index < -0.39 is 30.4 Å². The number of unbranched alkanes of at least 4 members (excludes halogenated alkanes) is 2. The Kier molecular flexibility index (Phi) is 12.7. The summed E-state index contributed by atoms with van der Waals surface area (Å²) in [7, 11) is 1.37. The highest BCUT2D eigenvalue weighted by molar-refractivity contribution is 5.92. The number of hydroxylamine groups is 2. The molecule has 39 heavy (non-hydrogen) atoms. The first-order valence-corrected chi connectivity index (χ1v) is 12.7. The predicted molar refractivity (Wildman–Crippen MR) is 140 cm³/mol. The lowest BCUT2D eigenvalue weighted by atomic mass is 9.90. The zero-order valence-corrected chi connectivity index (χ0v) is 22.3. The van der Waals surface area contributed by atoms with Crippen molar-refractivity contribution in [3.05, 3.63) is 41.7 Å². The number of carboxylic acids is 1. The number of rotatable bonds is 18. The molecule has 0 spiro atoms. The molecule has 1 aromatic heterocycles. The van der Waals surface area contributed by atoms with Crippen LogP contribution in [-0.4, -0.2) is 67.1 Å². The van der Waals surface area contributed by atoms with Crippen LogP contribution in [-0.2, 0) is 19.2 Å². The van der Waals surface area contributed by atoms with Crippen LogP contribution in [0.4, 0.5) is 0 Å². The van der Waals surface area contributed by atoms with Gasteiger partial charge in [0.05, 0.1) is 31.3 Å². The predicted octanol–water partition coefficient (Wildman–Crippen LogP) is 3.02. The average Bonchev–Trinajstić information content (AvgIpc) is 3.43. The summed E-state index contributed by atoms with van der Waals surface area (Å²) >= 11 is 0. The molecule has 0 bridgehead atoms. The van der Waals surface area contributed by atoms with Gasteiger partial charge in [-0.25, -0.2) is 9.86 Å². The molecule has 3 N–H and O–H groups in total. The lowest BCUT2D eigenvalue weighted by Crippen LogP contribution is -2.48. The molecule has 2 atom stereocenters. The number of hydrogen-bond donors (Lipinski definition) is 3. The number of ether oxygens (including phenoxy) is 1. The molecule has 0 fully saturated rings. The first-order chi connectivity index (χ1) is 18.8. The Bertz CT molecular complexity index is 1130. The lowest BCUT2D eigenvalue weighted by Gasteiger charge is -2.31. The van der Waals surface area contributed by atoms with E-state index in [1.165, 1.54) is 25.3 Å². The molecular weight excluding hydrogens is 510 g/mol. The summed E-state index contributed by atoms with van der Waals surface area (Å²) in [6.07, 6.45) is 4.89. The monoisotopic (exact) mass is 545 g/mol. The van der Waals surface area contributed by atoms with Gasteiger partial charge in [0, 0.05) is 5.56 Å². The molecule has 2 rings (SSSR count). The molecule has 3 amide bonds. The maximum atomic E-state index is 13.0. The maximum absolute atomic E-state index is 13.0. The van der Waals surface area contributed by atoms with E-state index >= 15 is 0 Å². The van der Waals surface area contributed by atoms with E-state index in [4.69, 9.17) is 19.1 Å². The van der Waals surface area contributed by atoms with Crippen LogP contribution in [0.25, 0.3) is 11.3 Å². The Morgan fingerprint density at radius 1 is 1.10 bits per heavy atom. The zero-order chi connectivity index (χ0) is 28.8. The summed E-state index contributed by atoms with van der Waals surface area (Å²) in [6.45, 7) is 3.13. The molecule has 0 radical (unpaired) electrons. The Labute approximate surface area is 226 Å². The highest BCUT2D eigenvalue weighted by Crippen LogP contribution is 2.28. The summed E-state index contributed by atoms with van der Waals surface area (Å²) in [4.78, 5) is 64.2. The molecular formula is C27H35N3O9. The maximum Gasteiger partial charge on any atom is 0.341 e. The van der Waals surface area contributed by atoms with Gasteiger partial charge in [-0.2, -0.15) is 0 Å². The average molecular weight is 546 g/mol. The molecule has 1 aromatic carbocycles. The summed E-state index contributed by atoms with van der Waals surface area (Å²) in [5, 5.41) is 15.3. The quantitative estimate of drug-likeness (QED) is 0.110. The minimum absolute atomic E-state index is 0.0239. The molecule has 2 aromatic rings. The van der Waals surface area contributed by atoms with E-state index in [1.807, 2.05) is 6.92 Å². The molecule has 212 valence electrons. The minimum Gasteiger partial charge on any atom is -0.481 e. The van der Waals surface area contributed by atoms with Crippen LogP contribution in [0.15, 0.2) is 34.7 Å². The van der Waals surface area contributed by atoms with Gasteiger partial charge in [0.1, 0.15) is 11.5 Å². The van der Waals surface area contributed by atoms with Gasteiger partial charge in [-0.1, -0.05) is 39.2 Å². The van der Waals surface area contributed by atoms with E-state index in [0.717, 1.165) is 24.3 Å². The van der Waals surface area contributed by atoms with Gasteiger partial charge in [0.15, 0.2) is 18.7 Å². The Hall–Kier alpha value is -4.19. The second-order valence-corrected chi connectivity index (χ2v) is 8.67. The number of hydrogen-bond acceptors (Lipinski definition) is 8. The smallest absolute Gasteiger partial charge is 0.341 e. The molecule has 0 aliphatic carbocycles. The molecule has 12 nitrogen and oxygen atoms in total. The SMILES string of the molecule is CCCCCC(C(=O)NCNC(=O)c1ccc(-c2ccc(C=O)c(OCC(=O)O)c2)o1)C(CC)N(C=O)OC. The molecule has 0 saturated carbocycles. The van der Waals surface area contributed by atoms with Gasteiger partial charge in [0.25, 0.3) is 5.91 Å². The van der Waals surface area contributed by atoms with E-state index in [1.54, 1.807) is 12.1 Å². The summed E-state index contributed by atoms with van der Waals surface area (Å²) in [5.41, 5.74) is 0.632. The van der Waals surface area contributed by atoms with Crippen LogP contribution >= 0.6 is 0 Å². The largest absolute Gasteiger partial charge is 0.481 e. The summed E-state index contributed by atoms with van der Waals surface area (Å²) < 4.78 is 10.8. The van der Waals surface area contributed by atoms with Gasteiger partial charge in [0.2, 0.25) is 12.3 Å². The fourth-order valence-electron chi connectivity index (χ4n) is 4.11. The van der Waals surface area contributed by atoms with E-state index in [9.17, 15) is 24.0 Å². The summed E-state index contributed by atoms with van der Waals surface area (Å²) in [6, 6.07) is 7.00. The van der Waals surface area contributed by atoms with Crippen LogP contribution in [0.1, 0.15) is 66.9 Å². The first kappa shape index (κ1) is 31.0. The van der Waals surface area contributed by atoms with Crippen LogP contribution in [0, 0.1) is 5.92 Å². The number of carbonyl (C=O) groups is 5. The lowest BCUT2D eigenvalue weighted by molar-refractivity contribution is -0.181. The van der Waals surface area contributed by atoms with Crippen molar-refractivity contribution in [2.75, 3.05) is 20.4 Å². The zero-order valence-electron chi connectivity index (χ0n) is 22.3. The Morgan fingerprint density at radius 2 is 1.87 bits per heavy atom. The van der Waals surface area contributed by atoms with Crippen molar-refractivity contribution in [1.82, 2.24) is 15.7 Å². The van der Waals surface area contributed by atoms with Crippen LogP contribution in [0.5, 0.6) is 5.75 Å². The fourth-order valence-corrected chi connectivity index (χ4v) is 4.11. The van der Waals surface area contributed by atoms with E-state index in [0.29, 0.717) is 31.1 Å². The second kappa shape index (κ2) is 15.9. The number of aldehydes is 1. The normalized spacial score (nSPS) is 12.2. The molecule has 1 heterocycles. The third-order valence-corrected chi connectivity index (χ3v) is 6.10. The van der Waals surface area contributed by atoms with Crippen molar-refractivity contribution < 1.29 is 43.1 Å². The van der Waals surface area contributed by atoms with Gasteiger partial charge >= 0.3 is 5.97 Å². The molecule has 2 unspecified atom stereocenters. The number of carbonyl (C=O) groups excluding carboxylic acids is 4. The number of benzene rings is 1. The van der Waals surface area contributed by atoms with Crippen molar-refractivity contribution in [1.29, 1.82) is 0 Å². The highest BCUT2D eigenvalue weighted by Gasteiger charge is 2.31. The van der Waals surface area contributed by atoms with Gasteiger partial charge in [-0.05, 0) is 37.1 Å². The van der Waals surface area contributed by atoms with Crippen molar-refractivity contribution in [3.8, 4) is 17.1 Å². The van der Waals surface area contributed by atoms with Crippen LogP contribution < -0.4 is 15.4 Å². The molecule has 12 heteroatoms. The highest BCUT2D eigenvalue weighted by atomic mass is 16.7. The number of furan rings is 1. The van der Waals surface area contributed by atoms with Gasteiger partial charge < -0.3 is 24.9 Å². The topological polar surface area (TPSA) is 164 Å². The van der Waals surface area contributed by atoms with Crippen molar-refractivity contribution in [2.45, 2.75) is 52.0 Å². The Balaban J connectivity index is 2.05. The number of nitrogens with one attached hydrogen (secondary N) is 2. The third-order valence-electron chi connectivity index (χ3n) is 6.10. The molecule has 0 aliphatic heterocycles. The fraction of sp³-hybridized carbons (Fsp3) is 0.444. The van der Waals surface area contributed by atoms with Crippen LogP contribution in [0.2, 0.25) is 0 Å². The number of nitrogens with zero attached hydrogens (tertiary/aromatic N) is 1. The number of aliphatic carboxylic acids is 1. The molecule has 0 saturated heterocycles. The van der Waals surface area contributed by atoms with Crippen molar-refractivity contribution in [3.63, 3.8) is 0 Å². The van der Waals surface area contributed by atoms with Crippen molar-refractivity contribution >= 4 is 30.5 Å². The standard InChI is InChI=1S/C27H35N3O9/c1-4-6-7-8-20(21(5-2)30(17-32)37-3)26(35)28-16-29-27(36)23-12-11-22(39-23)18-9-10-19(14-31)24(13-18)38-15-25(33)34/h9-14,17,20-21H,4-8,15-16H2,1-3H3,(H,28,35)(H,29,36)(H,33,34).